The Morgan fingerprint density at radius 1 is 1.29 bits per heavy atom. The van der Waals surface area contributed by atoms with E-state index in [-0.39, 0.29) is 5.82 Å². The Hall–Kier alpha value is -2.37. The van der Waals surface area contributed by atoms with Crippen molar-refractivity contribution in [3.05, 3.63) is 24.3 Å². The predicted molar refractivity (Wildman–Crippen MR) is 66.2 cm³/mol. The molecule has 0 aliphatic carbocycles. The maximum Gasteiger partial charge on any atom is 0.239 e. The van der Waals surface area contributed by atoms with Crippen LogP contribution in [0.4, 0.5) is 11.6 Å². The zero-order valence-corrected chi connectivity index (χ0v) is 9.34. The van der Waals surface area contributed by atoms with Gasteiger partial charge >= 0.3 is 0 Å². The van der Waals surface area contributed by atoms with Gasteiger partial charge in [-0.05, 0) is 19.1 Å². The molecule has 0 spiro atoms. The molecule has 1 aromatic heterocycles. The van der Waals surface area contributed by atoms with Crippen LogP contribution in [0.1, 0.15) is 6.92 Å². The molecule has 1 unspecified atom stereocenters. The minimum absolute atomic E-state index is 0.247. The second kappa shape index (κ2) is 4.25. The van der Waals surface area contributed by atoms with Crippen LogP contribution in [0.5, 0.6) is 0 Å². The number of fused-ring (bicyclic) bond motifs is 1. The van der Waals surface area contributed by atoms with Crippen LogP contribution < -0.4 is 16.8 Å². The maximum atomic E-state index is 10.9. The molecule has 1 atom stereocenters. The first-order valence-electron chi connectivity index (χ1n) is 5.16. The van der Waals surface area contributed by atoms with Crippen molar-refractivity contribution in [2.24, 2.45) is 5.73 Å². The van der Waals surface area contributed by atoms with Gasteiger partial charge in [-0.3, -0.25) is 4.79 Å². The molecule has 1 aromatic carbocycles. The summed E-state index contributed by atoms with van der Waals surface area (Å²) in [7, 11) is 0. The average molecular weight is 231 g/mol. The number of nitrogens with zero attached hydrogens (tertiary/aromatic N) is 2. The van der Waals surface area contributed by atoms with Gasteiger partial charge in [-0.1, -0.05) is 12.1 Å². The van der Waals surface area contributed by atoms with E-state index in [1.165, 1.54) is 0 Å². The van der Waals surface area contributed by atoms with E-state index in [9.17, 15) is 4.79 Å². The lowest BCUT2D eigenvalue weighted by atomic mass is 10.3. The Morgan fingerprint density at radius 3 is 2.47 bits per heavy atom. The van der Waals surface area contributed by atoms with Gasteiger partial charge in [-0.25, -0.2) is 9.97 Å². The SMILES string of the molecule is CC(Nc1nc2ccccc2nc1N)C(N)=O. The highest BCUT2D eigenvalue weighted by atomic mass is 16.1. The highest BCUT2D eigenvalue weighted by Crippen LogP contribution is 2.18. The number of amides is 1. The van der Waals surface area contributed by atoms with E-state index in [0.29, 0.717) is 16.9 Å². The number of rotatable bonds is 3. The minimum Gasteiger partial charge on any atom is -0.381 e. The van der Waals surface area contributed by atoms with Crippen LogP contribution in [0.2, 0.25) is 0 Å². The molecular weight excluding hydrogens is 218 g/mol. The molecule has 0 aliphatic heterocycles. The molecule has 0 bridgehead atoms. The fraction of sp³-hybridized carbons (Fsp3) is 0.182. The number of anilines is 2. The normalized spacial score (nSPS) is 12.3. The number of nitrogens with two attached hydrogens (primary N) is 2. The number of primary amides is 1. The zero-order valence-electron chi connectivity index (χ0n) is 9.34. The number of benzene rings is 1. The third-order valence-corrected chi connectivity index (χ3v) is 2.38. The third kappa shape index (κ3) is 2.25. The number of nitrogens with one attached hydrogen (secondary N) is 1. The van der Waals surface area contributed by atoms with E-state index in [1.807, 2.05) is 24.3 Å². The molecule has 0 aliphatic rings. The zero-order chi connectivity index (χ0) is 12.4. The van der Waals surface area contributed by atoms with Gasteiger partial charge in [-0.15, -0.1) is 0 Å². The summed E-state index contributed by atoms with van der Waals surface area (Å²) in [5.74, 6) is 0.145. The Morgan fingerprint density at radius 2 is 1.88 bits per heavy atom. The quantitative estimate of drug-likeness (QED) is 0.713. The summed E-state index contributed by atoms with van der Waals surface area (Å²) in [6, 6.07) is 6.80. The predicted octanol–water partition coefficient (Wildman–Crippen LogP) is 0.498. The second-order valence-electron chi connectivity index (χ2n) is 3.71. The Kier molecular flexibility index (Phi) is 2.78. The van der Waals surface area contributed by atoms with Crippen molar-refractivity contribution >= 4 is 28.6 Å². The Bertz CT molecular complexity index is 569. The van der Waals surface area contributed by atoms with Gasteiger partial charge in [0.05, 0.1) is 11.0 Å². The van der Waals surface area contributed by atoms with E-state index in [4.69, 9.17) is 11.5 Å². The largest absolute Gasteiger partial charge is 0.381 e. The first-order valence-corrected chi connectivity index (χ1v) is 5.16. The molecule has 6 heteroatoms. The number of para-hydroxylation sites is 2. The molecule has 2 rings (SSSR count). The highest BCUT2D eigenvalue weighted by molar-refractivity contribution is 5.84. The molecule has 17 heavy (non-hydrogen) atoms. The summed E-state index contributed by atoms with van der Waals surface area (Å²) in [5.41, 5.74) is 12.3. The number of aromatic nitrogens is 2. The molecule has 0 fully saturated rings. The van der Waals surface area contributed by atoms with Crippen molar-refractivity contribution in [2.45, 2.75) is 13.0 Å². The number of nitrogen functional groups attached to an aromatic ring is 1. The van der Waals surface area contributed by atoms with Crippen molar-refractivity contribution < 1.29 is 4.79 Å². The molecule has 6 nitrogen and oxygen atoms in total. The molecule has 88 valence electrons. The lowest BCUT2D eigenvalue weighted by molar-refractivity contribution is -0.118. The van der Waals surface area contributed by atoms with Crippen LogP contribution in [0.15, 0.2) is 24.3 Å². The number of hydrogen-bond donors (Lipinski definition) is 3. The van der Waals surface area contributed by atoms with Crippen molar-refractivity contribution in [3.63, 3.8) is 0 Å². The van der Waals surface area contributed by atoms with E-state index in [1.54, 1.807) is 6.92 Å². The molecule has 0 saturated heterocycles. The first-order chi connectivity index (χ1) is 8.08. The van der Waals surface area contributed by atoms with Gasteiger partial charge in [0.2, 0.25) is 5.91 Å². The molecule has 0 radical (unpaired) electrons. The van der Waals surface area contributed by atoms with Crippen LogP contribution in [-0.4, -0.2) is 21.9 Å². The molecule has 1 heterocycles. The second-order valence-corrected chi connectivity index (χ2v) is 3.71. The molecule has 1 amide bonds. The average Bonchev–Trinajstić information content (AvgIpc) is 2.29. The molecule has 2 aromatic rings. The summed E-state index contributed by atoms with van der Waals surface area (Å²) in [5, 5.41) is 2.83. The van der Waals surface area contributed by atoms with Crippen molar-refractivity contribution in [1.82, 2.24) is 9.97 Å². The lowest BCUT2D eigenvalue weighted by Gasteiger charge is -2.12. The Labute approximate surface area is 98.0 Å². The highest BCUT2D eigenvalue weighted by Gasteiger charge is 2.12. The number of carbonyl (C=O) groups is 1. The van der Waals surface area contributed by atoms with Gasteiger partial charge in [0.25, 0.3) is 0 Å². The first kappa shape index (κ1) is 11.1. The van der Waals surface area contributed by atoms with E-state index in [2.05, 4.69) is 15.3 Å². The van der Waals surface area contributed by atoms with Crippen LogP contribution in [0.25, 0.3) is 11.0 Å². The minimum atomic E-state index is -0.548. The lowest BCUT2D eigenvalue weighted by Crippen LogP contribution is -2.33. The summed E-state index contributed by atoms with van der Waals surface area (Å²) in [6.07, 6.45) is 0. The monoisotopic (exact) mass is 231 g/mol. The summed E-state index contributed by atoms with van der Waals surface area (Å²) < 4.78 is 0. The van der Waals surface area contributed by atoms with Crippen LogP contribution in [-0.2, 0) is 4.79 Å². The standard InChI is InChI=1S/C11H13N5O/c1-6(10(13)17)14-11-9(12)15-7-4-2-3-5-8(7)16-11/h2-6H,1H3,(H2,12,15)(H2,13,17)(H,14,16). The fourth-order valence-corrected chi connectivity index (χ4v) is 1.40. The van der Waals surface area contributed by atoms with Crippen LogP contribution >= 0.6 is 0 Å². The van der Waals surface area contributed by atoms with Gasteiger partial charge in [0.15, 0.2) is 11.6 Å². The smallest absolute Gasteiger partial charge is 0.239 e. The maximum absolute atomic E-state index is 10.9. The van der Waals surface area contributed by atoms with Crippen molar-refractivity contribution in [3.8, 4) is 0 Å². The van der Waals surface area contributed by atoms with Crippen molar-refractivity contribution in [1.29, 1.82) is 0 Å². The summed E-state index contributed by atoms with van der Waals surface area (Å²) in [6.45, 7) is 1.64. The fourth-order valence-electron chi connectivity index (χ4n) is 1.40. The number of hydrogen-bond acceptors (Lipinski definition) is 5. The van der Waals surface area contributed by atoms with Crippen molar-refractivity contribution in [2.75, 3.05) is 11.1 Å². The number of carbonyl (C=O) groups excluding carboxylic acids is 1. The third-order valence-electron chi connectivity index (χ3n) is 2.38. The van der Waals surface area contributed by atoms with Gasteiger partial charge < -0.3 is 16.8 Å². The molecule has 0 saturated carbocycles. The molecular formula is C11H13N5O. The van der Waals surface area contributed by atoms with E-state index < -0.39 is 11.9 Å². The van der Waals surface area contributed by atoms with Gasteiger partial charge in [0, 0.05) is 0 Å². The van der Waals surface area contributed by atoms with Crippen LogP contribution in [0.3, 0.4) is 0 Å². The van der Waals surface area contributed by atoms with E-state index >= 15 is 0 Å². The molecule has 5 N–H and O–H groups in total. The van der Waals surface area contributed by atoms with Gasteiger partial charge in [-0.2, -0.15) is 0 Å². The topological polar surface area (TPSA) is 107 Å². The summed E-state index contributed by atoms with van der Waals surface area (Å²) >= 11 is 0. The van der Waals surface area contributed by atoms with Gasteiger partial charge in [0.1, 0.15) is 6.04 Å². The Balaban J connectivity index is 2.40. The van der Waals surface area contributed by atoms with Crippen LogP contribution in [0, 0.1) is 0 Å². The van der Waals surface area contributed by atoms with E-state index in [0.717, 1.165) is 0 Å². The summed E-state index contributed by atoms with van der Waals surface area (Å²) in [4.78, 5) is 19.4.